The summed E-state index contributed by atoms with van der Waals surface area (Å²) in [7, 11) is 1.58. The van der Waals surface area contributed by atoms with Crippen LogP contribution in [0.5, 0.6) is 11.5 Å². The van der Waals surface area contributed by atoms with Crippen molar-refractivity contribution in [3.8, 4) is 11.5 Å². The van der Waals surface area contributed by atoms with Gasteiger partial charge >= 0.3 is 0 Å². The largest absolute Gasteiger partial charge is 0.497 e. The SMILES string of the molecule is COc1ccc(C(=O)C(C)Oc2ccccc2N)cc1. The normalized spacial score (nSPS) is 11.7. The van der Waals surface area contributed by atoms with Gasteiger partial charge in [0.2, 0.25) is 5.78 Å². The number of benzene rings is 2. The number of carbonyl (C=O) groups excluding carboxylic acids is 1. The van der Waals surface area contributed by atoms with E-state index < -0.39 is 6.10 Å². The van der Waals surface area contributed by atoms with Crippen molar-refractivity contribution in [2.75, 3.05) is 12.8 Å². The van der Waals surface area contributed by atoms with Crippen molar-refractivity contribution in [2.45, 2.75) is 13.0 Å². The highest BCUT2D eigenvalue weighted by Gasteiger charge is 2.17. The molecule has 4 nitrogen and oxygen atoms in total. The molecule has 0 bridgehead atoms. The zero-order valence-electron chi connectivity index (χ0n) is 11.5. The first kappa shape index (κ1) is 13.9. The average molecular weight is 271 g/mol. The van der Waals surface area contributed by atoms with Crippen molar-refractivity contribution >= 4 is 11.5 Å². The van der Waals surface area contributed by atoms with Crippen molar-refractivity contribution in [3.63, 3.8) is 0 Å². The van der Waals surface area contributed by atoms with E-state index in [0.717, 1.165) is 0 Å². The summed E-state index contributed by atoms with van der Waals surface area (Å²) in [5.41, 5.74) is 6.89. The summed E-state index contributed by atoms with van der Waals surface area (Å²) in [5, 5.41) is 0. The molecular formula is C16H17NO3. The molecule has 0 aliphatic rings. The van der Waals surface area contributed by atoms with Crippen LogP contribution in [-0.4, -0.2) is 19.0 Å². The topological polar surface area (TPSA) is 61.5 Å². The molecular weight excluding hydrogens is 254 g/mol. The van der Waals surface area contributed by atoms with Crippen LogP contribution < -0.4 is 15.2 Å². The van der Waals surface area contributed by atoms with E-state index >= 15 is 0 Å². The molecule has 2 rings (SSSR count). The quantitative estimate of drug-likeness (QED) is 0.671. The Morgan fingerprint density at radius 2 is 1.75 bits per heavy atom. The van der Waals surface area contributed by atoms with Gasteiger partial charge in [0.1, 0.15) is 11.5 Å². The smallest absolute Gasteiger partial charge is 0.202 e. The van der Waals surface area contributed by atoms with E-state index in [9.17, 15) is 4.79 Å². The van der Waals surface area contributed by atoms with Crippen LogP contribution in [0.3, 0.4) is 0 Å². The molecule has 0 aromatic heterocycles. The van der Waals surface area contributed by atoms with E-state index in [0.29, 0.717) is 22.7 Å². The number of para-hydroxylation sites is 2. The minimum atomic E-state index is -0.604. The molecule has 0 fully saturated rings. The summed E-state index contributed by atoms with van der Waals surface area (Å²) in [6.45, 7) is 1.71. The number of methoxy groups -OCH3 is 1. The summed E-state index contributed by atoms with van der Waals surface area (Å²) < 4.78 is 10.7. The Labute approximate surface area is 118 Å². The average Bonchev–Trinajstić information content (AvgIpc) is 2.49. The zero-order chi connectivity index (χ0) is 14.5. The third-order valence-corrected chi connectivity index (χ3v) is 2.97. The molecule has 2 aromatic carbocycles. The number of anilines is 1. The van der Waals surface area contributed by atoms with Crippen molar-refractivity contribution in [1.29, 1.82) is 0 Å². The first-order valence-electron chi connectivity index (χ1n) is 6.31. The summed E-state index contributed by atoms with van der Waals surface area (Å²) in [5.74, 6) is 1.13. The van der Waals surface area contributed by atoms with Crippen molar-refractivity contribution in [3.05, 3.63) is 54.1 Å². The second-order valence-electron chi connectivity index (χ2n) is 4.39. The Bertz CT molecular complexity index is 593. The molecule has 20 heavy (non-hydrogen) atoms. The van der Waals surface area contributed by atoms with E-state index in [1.165, 1.54) is 0 Å². The van der Waals surface area contributed by atoms with Gasteiger partial charge in [-0.2, -0.15) is 0 Å². The minimum absolute atomic E-state index is 0.101. The molecule has 104 valence electrons. The van der Waals surface area contributed by atoms with Crippen molar-refractivity contribution < 1.29 is 14.3 Å². The predicted molar refractivity (Wildman–Crippen MR) is 78.3 cm³/mol. The maximum absolute atomic E-state index is 12.3. The second kappa shape index (κ2) is 6.10. The number of rotatable bonds is 5. The van der Waals surface area contributed by atoms with Crippen molar-refractivity contribution in [2.24, 2.45) is 0 Å². The summed E-state index contributed by atoms with van der Waals surface area (Å²) in [6.07, 6.45) is -0.604. The van der Waals surface area contributed by atoms with Crippen LogP contribution in [0.25, 0.3) is 0 Å². The summed E-state index contributed by atoms with van der Waals surface area (Å²) in [4.78, 5) is 12.3. The number of hydrogen-bond donors (Lipinski definition) is 1. The lowest BCUT2D eigenvalue weighted by molar-refractivity contribution is 0.0819. The first-order chi connectivity index (χ1) is 9.61. The number of ketones is 1. The fourth-order valence-electron chi connectivity index (χ4n) is 1.82. The first-order valence-corrected chi connectivity index (χ1v) is 6.31. The van der Waals surface area contributed by atoms with Gasteiger partial charge in [0.15, 0.2) is 6.10 Å². The Morgan fingerprint density at radius 1 is 1.10 bits per heavy atom. The molecule has 0 radical (unpaired) electrons. The molecule has 1 atom stereocenters. The molecule has 0 spiro atoms. The lowest BCUT2D eigenvalue weighted by Gasteiger charge is -2.15. The number of nitrogens with two attached hydrogens (primary N) is 1. The third kappa shape index (κ3) is 3.09. The summed E-state index contributed by atoms with van der Waals surface area (Å²) in [6, 6.07) is 14.0. The molecule has 0 aliphatic heterocycles. The third-order valence-electron chi connectivity index (χ3n) is 2.97. The lowest BCUT2D eigenvalue weighted by Crippen LogP contribution is -2.24. The fraction of sp³-hybridized carbons (Fsp3) is 0.188. The lowest BCUT2D eigenvalue weighted by atomic mass is 10.1. The Morgan fingerprint density at radius 3 is 2.35 bits per heavy atom. The molecule has 2 aromatic rings. The van der Waals surface area contributed by atoms with Gasteiger partial charge in [0, 0.05) is 5.56 Å². The van der Waals surface area contributed by atoms with E-state index in [4.69, 9.17) is 15.2 Å². The van der Waals surface area contributed by atoms with Crippen molar-refractivity contribution in [1.82, 2.24) is 0 Å². The highest BCUT2D eigenvalue weighted by atomic mass is 16.5. The number of hydrogen-bond acceptors (Lipinski definition) is 4. The van der Waals surface area contributed by atoms with Gasteiger partial charge in [-0.3, -0.25) is 4.79 Å². The molecule has 0 heterocycles. The van der Waals surface area contributed by atoms with Gasteiger partial charge in [-0.15, -0.1) is 0 Å². The molecule has 0 amide bonds. The Kier molecular flexibility index (Phi) is 4.25. The number of Topliss-reactive ketones (excluding diaryl/α,β-unsaturated/α-hetero) is 1. The van der Waals surface area contributed by atoms with Gasteiger partial charge in [0.05, 0.1) is 12.8 Å². The standard InChI is InChI=1S/C16H17NO3/c1-11(20-15-6-4-3-5-14(15)17)16(18)12-7-9-13(19-2)10-8-12/h3-11H,17H2,1-2H3. The Balaban J connectivity index is 2.10. The van der Waals surface area contributed by atoms with Crippen LogP contribution in [-0.2, 0) is 0 Å². The maximum Gasteiger partial charge on any atom is 0.202 e. The fourth-order valence-corrected chi connectivity index (χ4v) is 1.82. The van der Waals surface area contributed by atoms with E-state index in [-0.39, 0.29) is 5.78 Å². The van der Waals surface area contributed by atoms with Crippen LogP contribution in [0.2, 0.25) is 0 Å². The van der Waals surface area contributed by atoms with Gasteiger partial charge in [-0.1, -0.05) is 12.1 Å². The molecule has 0 aliphatic carbocycles. The molecule has 2 N–H and O–H groups in total. The maximum atomic E-state index is 12.3. The monoisotopic (exact) mass is 271 g/mol. The van der Waals surface area contributed by atoms with E-state index in [1.807, 2.05) is 12.1 Å². The van der Waals surface area contributed by atoms with Gasteiger partial charge in [0.25, 0.3) is 0 Å². The molecule has 1 unspecified atom stereocenters. The van der Waals surface area contributed by atoms with Crippen LogP contribution in [0.15, 0.2) is 48.5 Å². The minimum Gasteiger partial charge on any atom is -0.497 e. The zero-order valence-corrected chi connectivity index (χ0v) is 11.5. The highest BCUT2D eigenvalue weighted by Crippen LogP contribution is 2.22. The number of carbonyl (C=O) groups is 1. The molecule has 4 heteroatoms. The van der Waals surface area contributed by atoms with Crippen LogP contribution in [0.4, 0.5) is 5.69 Å². The number of nitrogen functional groups attached to an aromatic ring is 1. The van der Waals surface area contributed by atoms with E-state index in [2.05, 4.69) is 0 Å². The Hall–Kier alpha value is -2.49. The second-order valence-corrected chi connectivity index (χ2v) is 4.39. The molecule has 0 saturated heterocycles. The van der Waals surface area contributed by atoms with Crippen LogP contribution in [0.1, 0.15) is 17.3 Å². The van der Waals surface area contributed by atoms with Gasteiger partial charge in [-0.05, 0) is 43.3 Å². The summed E-state index contributed by atoms with van der Waals surface area (Å²) >= 11 is 0. The number of ether oxygens (including phenoxy) is 2. The highest BCUT2D eigenvalue weighted by molar-refractivity contribution is 5.99. The van der Waals surface area contributed by atoms with Crippen LogP contribution >= 0.6 is 0 Å². The van der Waals surface area contributed by atoms with Gasteiger partial charge < -0.3 is 15.2 Å². The molecule has 0 saturated carbocycles. The van der Waals surface area contributed by atoms with Crippen LogP contribution in [0, 0.1) is 0 Å². The van der Waals surface area contributed by atoms with E-state index in [1.54, 1.807) is 50.4 Å². The predicted octanol–water partition coefficient (Wildman–Crippen LogP) is 2.93. The van der Waals surface area contributed by atoms with Gasteiger partial charge in [-0.25, -0.2) is 0 Å².